The lowest BCUT2D eigenvalue weighted by Crippen LogP contribution is -2.40. The van der Waals surface area contributed by atoms with Crippen molar-refractivity contribution in [1.29, 1.82) is 0 Å². The van der Waals surface area contributed by atoms with Crippen LogP contribution in [0.25, 0.3) is 0 Å². The fourth-order valence-electron chi connectivity index (χ4n) is 4.86. The zero-order chi connectivity index (χ0) is 17.8. The number of anilines is 2. The first kappa shape index (κ1) is 18.2. The lowest BCUT2D eigenvalue weighted by Gasteiger charge is -2.28. The van der Waals surface area contributed by atoms with Gasteiger partial charge in [-0.1, -0.05) is 6.42 Å². The summed E-state index contributed by atoms with van der Waals surface area (Å²) in [5.41, 5.74) is 2.07. The molecule has 0 heterocycles. The number of benzene rings is 1. The second-order valence-corrected chi connectivity index (χ2v) is 7.78. The lowest BCUT2D eigenvalue weighted by atomic mass is 9.84. The molecule has 2 bridgehead atoms. The van der Waals surface area contributed by atoms with Crippen molar-refractivity contribution in [2.24, 2.45) is 17.8 Å². The van der Waals surface area contributed by atoms with E-state index in [9.17, 15) is 4.79 Å². The van der Waals surface area contributed by atoms with Gasteiger partial charge in [0.05, 0.1) is 6.54 Å². The van der Waals surface area contributed by atoms with Crippen LogP contribution < -0.4 is 15.5 Å². The van der Waals surface area contributed by atoms with Gasteiger partial charge in [-0.15, -0.1) is 0 Å². The first-order chi connectivity index (χ1) is 12.1. The Morgan fingerprint density at radius 3 is 2.44 bits per heavy atom. The Hall–Kier alpha value is -1.55. The number of rotatable bonds is 8. The molecule has 2 fully saturated rings. The Morgan fingerprint density at radius 1 is 1.16 bits per heavy atom. The summed E-state index contributed by atoms with van der Waals surface area (Å²) in [7, 11) is 0. The average Bonchev–Trinajstić information content (AvgIpc) is 3.25. The zero-order valence-corrected chi connectivity index (χ0v) is 15.9. The number of nitrogens with one attached hydrogen (secondary N) is 2. The second-order valence-electron chi connectivity index (χ2n) is 7.78. The topological polar surface area (TPSA) is 44.4 Å². The molecule has 4 nitrogen and oxygen atoms in total. The van der Waals surface area contributed by atoms with Crippen molar-refractivity contribution >= 4 is 17.3 Å². The largest absolute Gasteiger partial charge is 0.372 e. The molecule has 2 saturated carbocycles. The highest BCUT2D eigenvalue weighted by Gasteiger charge is 2.41. The molecule has 2 N–H and O–H groups in total. The minimum absolute atomic E-state index is 0.0468. The Balaban J connectivity index is 1.44. The van der Waals surface area contributed by atoms with Gasteiger partial charge in [-0.2, -0.15) is 0 Å². The third-order valence-corrected chi connectivity index (χ3v) is 6.30. The van der Waals surface area contributed by atoms with Gasteiger partial charge in [0.25, 0.3) is 0 Å². The molecule has 0 spiro atoms. The maximum atomic E-state index is 12.2. The van der Waals surface area contributed by atoms with Gasteiger partial charge in [0, 0.05) is 30.5 Å². The summed E-state index contributed by atoms with van der Waals surface area (Å²) in [6, 6.07) is 8.57. The Labute approximate surface area is 152 Å². The van der Waals surface area contributed by atoms with E-state index in [-0.39, 0.29) is 5.91 Å². The highest BCUT2D eigenvalue weighted by Crippen LogP contribution is 2.49. The molecule has 0 aliphatic heterocycles. The first-order valence-electron chi connectivity index (χ1n) is 9.99. The quantitative estimate of drug-likeness (QED) is 0.753. The van der Waals surface area contributed by atoms with Crippen molar-refractivity contribution in [2.45, 2.75) is 52.5 Å². The van der Waals surface area contributed by atoms with E-state index < -0.39 is 0 Å². The summed E-state index contributed by atoms with van der Waals surface area (Å²) in [4.78, 5) is 14.5. The van der Waals surface area contributed by atoms with Gasteiger partial charge >= 0.3 is 0 Å². The zero-order valence-electron chi connectivity index (χ0n) is 15.9. The standard InChI is InChI=1S/C21H33N3O/c1-4-24(5-2)19-10-8-18(9-11-19)23-21(25)14-22-15(3)20-13-16-6-7-17(20)12-16/h8-11,15-17,20,22H,4-7,12-14H2,1-3H3,(H,23,25). The normalized spacial score (nSPS) is 25.8. The van der Waals surface area contributed by atoms with E-state index in [1.165, 1.54) is 31.4 Å². The van der Waals surface area contributed by atoms with Crippen LogP contribution in [0.2, 0.25) is 0 Å². The van der Waals surface area contributed by atoms with E-state index in [0.717, 1.165) is 36.5 Å². The van der Waals surface area contributed by atoms with Crippen molar-refractivity contribution < 1.29 is 4.79 Å². The summed E-state index contributed by atoms with van der Waals surface area (Å²) in [6.07, 6.45) is 5.60. The molecule has 0 saturated heterocycles. The summed E-state index contributed by atoms with van der Waals surface area (Å²) >= 11 is 0. The van der Waals surface area contributed by atoms with Gasteiger partial charge in [-0.05, 0) is 82.1 Å². The molecular formula is C21H33N3O. The Bertz CT molecular complexity index is 567. The number of nitrogens with zero attached hydrogens (tertiary/aromatic N) is 1. The highest BCUT2D eigenvalue weighted by molar-refractivity contribution is 5.92. The Morgan fingerprint density at radius 2 is 1.88 bits per heavy atom. The predicted molar refractivity (Wildman–Crippen MR) is 105 cm³/mol. The molecular weight excluding hydrogens is 310 g/mol. The van der Waals surface area contributed by atoms with Crippen LogP contribution in [0, 0.1) is 17.8 Å². The molecule has 2 aliphatic rings. The molecule has 138 valence electrons. The van der Waals surface area contributed by atoms with Crippen LogP contribution in [0.1, 0.15) is 46.5 Å². The summed E-state index contributed by atoms with van der Waals surface area (Å²) in [5.74, 6) is 2.66. The molecule has 25 heavy (non-hydrogen) atoms. The van der Waals surface area contributed by atoms with Crippen molar-refractivity contribution in [3.63, 3.8) is 0 Å². The summed E-state index contributed by atoms with van der Waals surface area (Å²) in [5, 5.41) is 6.46. The molecule has 1 aromatic rings. The molecule has 3 rings (SSSR count). The van der Waals surface area contributed by atoms with E-state index in [2.05, 4.69) is 48.4 Å². The summed E-state index contributed by atoms with van der Waals surface area (Å²) in [6.45, 7) is 8.94. The first-order valence-corrected chi connectivity index (χ1v) is 9.99. The predicted octanol–water partition coefficient (Wildman–Crippen LogP) is 3.89. The van der Waals surface area contributed by atoms with Crippen LogP contribution in [-0.4, -0.2) is 31.6 Å². The maximum Gasteiger partial charge on any atom is 0.238 e. The third kappa shape index (κ3) is 4.35. The fraction of sp³-hybridized carbons (Fsp3) is 0.667. The van der Waals surface area contributed by atoms with Crippen molar-refractivity contribution in [3.8, 4) is 0 Å². The minimum Gasteiger partial charge on any atom is -0.372 e. The maximum absolute atomic E-state index is 12.2. The number of hydrogen-bond acceptors (Lipinski definition) is 3. The Kier molecular flexibility index (Phi) is 6.00. The number of carbonyl (C=O) groups excluding carboxylic acids is 1. The van der Waals surface area contributed by atoms with E-state index >= 15 is 0 Å². The second kappa shape index (κ2) is 8.22. The van der Waals surface area contributed by atoms with E-state index in [0.29, 0.717) is 12.6 Å². The van der Waals surface area contributed by atoms with Gasteiger partial charge in [0.15, 0.2) is 0 Å². The summed E-state index contributed by atoms with van der Waals surface area (Å²) < 4.78 is 0. The molecule has 4 unspecified atom stereocenters. The van der Waals surface area contributed by atoms with E-state index in [1.54, 1.807) is 0 Å². The fourth-order valence-corrected chi connectivity index (χ4v) is 4.86. The number of fused-ring (bicyclic) bond motifs is 2. The van der Waals surface area contributed by atoms with Crippen molar-refractivity contribution in [3.05, 3.63) is 24.3 Å². The molecule has 0 aromatic heterocycles. The highest BCUT2D eigenvalue weighted by atomic mass is 16.1. The SMILES string of the molecule is CCN(CC)c1ccc(NC(=O)CNC(C)C2CC3CCC2C3)cc1. The van der Waals surface area contributed by atoms with Gasteiger partial charge in [-0.3, -0.25) is 4.79 Å². The molecule has 1 amide bonds. The van der Waals surface area contributed by atoms with Crippen LogP contribution in [0.3, 0.4) is 0 Å². The minimum atomic E-state index is 0.0468. The number of hydrogen-bond donors (Lipinski definition) is 2. The average molecular weight is 344 g/mol. The molecule has 4 atom stereocenters. The van der Waals surface area contributed by atoms with Crippen LogP contribution in [-0.2, 0) is 4.79 Å². The van der Waals surface area contributed by atoms with Crippen LogP contribution >= 0.6 is 0 Å². The number of carbonyl (C=O) groups is 1. The van der Waals surface area contributed by atoms with Crippen LogP contribution in [0.15, 0.2) is 24.3 Å². The van der Waals surface area contributed by atoms with Crippen molar-refractivity contribution in [2.75, 3.05) is 29.9 Å². The number of amides is 1. The van der Waals surface area contributed by atoms with E-state index in [4.69, 9.17) is 0 Å². The molecule has 0 radical (unpaired) electrons. The third-order valence-electron chi connectivity index (χ3n) is 6.30. The van der Waals surface area contributed by atoms with Gasteiger partial charge < -0.3 is 15.5 Å². The van der Waals surface area contributed by atoms with Crippen molar-refractivity contribution in [1.82, 2.24) is 5.32 Å². The van der Waals surface area contributed by atoms with Crippen LogP contribution in [0.4, 0.5) is 11.4 Å². The van der Waals surface area contributed by atoms with Gasteiger partial charge in [0.1, 0.15) is 0 Å². The molecule has 2 aliphatic carbocycles. The van der Waals surface area contributed by atoms with E-state index in [1.807, 2.05) is 12.1 Å². The van der Waals surface area contributed by atoms with Crippen LogP contribution in [0.5, 0.6) is 0 Å². The monoisotopic (exact) mass is 343 g/mol. The smallest absolute Gasteiger partial charge is 0.238 e. The molecule has 4 heteroatoms. The van der Waals surface area contributed by atoms with Gasteiger partial charge in [-0.25, -0.2) is 0 Å². The lowest BCUT2D eigenvalue weighted by molar-refractivity contribution is -0.115. The molecule has 1 aromatic carbocycles. The van der Waals surface area contributed by atoms with Gasteiger partial charge in [0.2, 0.25) is 5.91 Å².